The van der Waals surface area contributed by atoms with Gasteiger partial charge in [0.15, 0.2) is 0 Å². The van der Waals surface area contributed by atoms with Gasteiger partial charge in [0.25, 0.3) is 5.75 Å². The maximum Gasteiger partial charge on any atom is 0.318 e. The summed E-state index contributed by atoms with van der Waals surface area (Å²) in [5, 5.41) is 31.1. The van der Waals surface area contributed by atoms with E-state index in [4.69, 9.17) is 0 Å². The van der Waals surface area contributed by atoms with Crippen LogP contribution in [0.5, 0.6) is 5.75 Å². The number of hydrogen-bond donors (Lipinski definition) is 1. The summed E-state index contributed by atoms with van der Waals surface area (Å²) in [4.78, 5) is 19.9. The van der Waals surface area contributed by atoms with Crippen molar-refractivity contribution in [3.8, 4) is 5.75 Å². The minimum Gasteiger partial charge on any atom is -0.497 e. The zero-order chi connectivity index (χ0) is 14.1. The molecule has 1 aromatic rings. The number of phenolic OH excluding ortho intramolecular Hbond substituents is 1. The van der Waals surface area contributed by atoms with Gasteiger partial charge in [0.2, 0.25) is 0 Å². The Morgan fingerprint density at radius 3 is 1.83 bits per heavy atom. The average Bonchev–Trinajstić information content (AvgIpc) is 2.28. The van der Waals surface area contributed by atoms with E-state index in [1.165, 1.54) is 12.1 Å². The van der Waals surface area contributed by atoms with Gasteiger partial charge < -0.3 is 5.11 Å². The Labute approximate surface area is 103 Å². The molecule has 1 aromatic carbocycles. The molecule has 7 heteroatoms. The molecule has 0 atom stereocenters. The molecule has 0 aliphatic rings. The molecule has 1 N–H and O–H groups in total. The van der Waals surface area contributed by atoms with E-state index in [1.54, 1.807) is 0 Å². The van der Waals surface area contributed by atoms with Crippen molar-refractivity contribution in [2.45, 2.75) is 32.6 Å². The molecule has 0 unspecified atom stereocenters. The van der Waals surface area contributed by atoms with E-state index >= 15 is 0 Å². The van der Waals surface area contributed by atoms with E-state index in [0.29, 0.717) is 12.0 Å². The van der Waals surface area contributed by atoms with Crippen LogP contribution < -0.4 is 0 Å². The van der Waals surface area contributed by atoms with E-state index in [-0.39, 0.29) is 0 Å². The molecular weight excluding hydrogens is 240 g/mol. The molecule has 0 radical (unpaired) electrons. The van der Waals surface area contributed by atoms with Crippen molar-refractivity contribution in [3.63, 3.8) is 0 Å². The van der Waals surface area contributed by atoms with Gasteiger partial charge in [0, 0.05) is 12.1 Å². The third-order valence-corrected chi connectivity index (χ3v) is 3.13. The largest absolute Gasteiger partial charge is 0.497 e. The van der Waals surface area contributed by atoms with Crippen LogP contribution in [-0.2, 0) is 5.41 Å². The number of benzene rings is 1. The fraction of sp³-hybridized carbons (Fsp3) is 0.455. The second-order valence-electron chi connectivity index (χ2n) is 4.61. The van der Waals surface area contributed by atoms with E-state index in [9.17, 15) is 25.3 Å². The van der Waals surface area contributed by atoms with Crippen LogP contribution in [0.1, 0.15) is 32.8 Å². The first-order valence-corrected chi connectivity index (χ1v) is 5.37. The monoisotopic (exact) mass is 254 g/mol. The predicted octanol–water partition coefficient (Wildman–Crippen LogP) is 2.90. The van der Waals surface area contributed by atoms with Gasteiger partial charge in [-0.1, -0.05) is 20.8 Å². The predicted molar refractivity (Wildman–Crippen MR) is 64.7 cm³/mol. The molecule has 18 heavy (non-hydrogen) atoms. The number of phenols is 1. The highest BCUT2D eigenvalue weighted by Gasteiger charge is 2.30. The van der Waals surface area contributed by atoms with E-state index < -0.39 is 32.4 Å². The van der Waals surface area contributed by atoms with Gasteiger partial charge in [-0.05, 0) is 17.4 Å². The third-order valence-electron chi connectivity index (χ3n) is 3.13. The minimum atomic E-state index is -0.902. The molecule has 0 aliphatic heterocycles. The fourth-order valence-electron chi connectivity index (χ4n) is 1.48. The lowest BCUT2D eigenvalue weighted by atomic mass is 9.82. The lowest BCUT2D eigenvalue weighted by Gasteiger charge is -2.22. The summed E-state index contributed by atoms with van der Waals surface area (Å²) in [6.07, 6.45) is 0.659. The van der Waals surface area contributed by atoms with Crippen LogP contribution in [0.4, 0.5) is 11.4 Å². The second kappa shape index (κ2) is 4.59. The number of nitro benzene ring substituents is 2. The van der Waals surface area contributed by atoms with E-state index in [2.05, 4.69) is 0 Å². The molecule has 1 rings (SSSR count). The van der Waals surface area contributed by atoms with Crippen molar-refractivity contribution in [1.29, 1.82) is 0 Å². The molecular formula is C11H14N2O5. The van der Waals surface area contributed by atoms with Crippen molar-refractivity contribution in [1.82, 2.24) is 0 Å². The highest BCUT2D eigenvalue weighted by atomic mass is 16.6. The zero-order valence-electron chi connectivity index (χ0n) is 10.3. The summed E-state index contributed by atoms with van der Waals surface area (Å²) in [7, 11) is 0. The van der Waals surface area contributed by atoms with Gasteiger partial charge in [0.1, 0.15) is 0 Å². The number of nitro groups is 2. The molecule has 0 bridgehead atoms. The van der Waals surface area contributed by atoms with Crippen LogP contribution in [0.3, 0.4) is 0 Å². The van der Waals surface area contributed by atoms with Gasteiger partial charge in [0.05, 0.1) is 9.85 Å². The van der Waals surface area contributed by atoms with Gasteiger partial charge in [-0.3, -0.25) is 20.2 Å². The molecule has 0 aliphatic carbocycles. The number of nitrogens with zero attached hydrogens (tertiary/aromatic N) is 2. The maximum atomic E-state index is 10.8. The lowest BCUT2D eigenvalue weighted by Crippen LogP contribution is -2.16. The maximum absolute atomic E-state index is 10.8. The van der Waals surface area contributed by atoms with Gasteiger partial charge in [-0.25, -0.2) is 0 Å². The zero-order valence-corrected chi connectivity index (χ0v) is 10.3. The van der Waals surface area contributed by atoms with Crippen molar-refractivity contribution in [2.75, 3.05) is 0 Å². The van der Waals surface area contributed by atoms with Crippen LogP contribution in [0.25, 0.3) is 0 Å². The van der Waals surface area contributed by atoms with Crippen LogP contribution in [0.2, 0.25) is 0 Å². The second-order valence-corrected chi connectivity index (χ2v) is 4.61. The van der Waals surface area contributed by atoms with Crippen molar-refractivity contribution < 1.29 is 15.0 Å². The molecule has 0 spiro atoms. The first-order valence-electron chi connectivity index (χ1n) is 5.37. The smallest absolute Gasteiger partial charge is 0.318 e. The van der Waals surface area contributed by atoms with Gasteiger partial charge >= 0.3 is 11.4 Å². The topological polar surface area (TPSA) is 107 Å². The first-order chi connectivity index (χ1) is 8.20. The molecule has 98 valence electrons. The summed E-state index contributed by atoms with van der Waals surface area (Å²) < 4.78 is 0. The molecule has 0 saturated heterocycles. The number of aromatic hydroxyl groups is 1. The van der Waals surface area contributed by atoms with Gasteiger partial charge in [-0.2, -0.15) is 0 Å². The highest BCUT2D eigenvalue weighted by molar-refractivity contribution is 5.62. The Balaban J connectivity index is 3.58. The summed E-state index contributed by atoms with van der Waals surface area (Å²) >= 11 is 0. The van der Waals surface area contributed by atoms with Crippen molar-refractivity contribution >= 4 is 11.4 Å². The van der Waals surface area contributed by atoms with Crippen LogP contribution in [0, 0.1) is 20.2 Å². The van der Waals surface area contributed by atoms with Crippen molar-refractivity contribution in [2.24, 2.45) is 0 Å². The van der Waals surface area contributed by atoms with Crippen LogP contribution in [0.15, 0.2) is 12.1 Å². The molecule has 0 amide bonds. The quantitative estimate of drug-likeness (QED) is 0.656. The summed E-state index contributed by atoms with van der Waals surface area (Å²) in [6, 6.07) is 2.37. The fourth-order valence-corrected chi connectivity index (χ4v) is 1.48. The Morgan fingerprint density at radius 2 is 1.56 bits per heavy atom. The molecule has 0 fully saturated rings. The number of rotatable bonds is 4. The molecule has 0 saturated carbocycles. The summed E-state index contributed by atoms with van der Waals surface area (Å²) in [5.74, 6) is -0.902. The first kappa shape index (κ1) is 13.9. The Morgan fingerprint density at radius 1 is 1.17 bits per heavy atom. The minimum absolute atomic E-state index is 0.441. The molecule has 0 aromatic heterocycles. The molecule has 7 nitrogen and oxygen atoms in total. The van der Waals surface area contributed by atoms with Crippen molar-refractivity contribution in [3.05, 3.63) is 37.9 Å². The Bertz CT molecular complexity index is 475. The molecule has 0 heterocycles. The summed E-state index contributed by atoms with van der Waals surface area (Å²) in [6.45, 7) is 5.53. The Hall–Kier alpha value is -2.18. The van der Waals surface area contributed by atoms with Gasteiger partial charge in [-0.15, -0.1) is 0 Å². The third kappa shape index (κ3) is 2.39. The van der Waals surface area contributed by atoms with Crippen LogP contribution in [-0.4, -0.2) is 15.0 Å². The SMILES string of the molecule is CCC(C)(C)c1cc([N+](=O)[O-])c(O)c([N+](=O)[O-])c1. The Kier molecular flexibility index (Phi) is 3.54. The normalized spacial score (nSPS) is 11.3. The average molecular weight is 254 g/mol. The standard InChI is InChI=1S/C11H14N2O5/c1-4-11(2,3)7-5-8(12(15)16)10(14)9(6-7)13(17)18/h5-6,14H,4H2,1-3H3. The lowest BCUT2D eigenvalue weighted by molar-refractivity contribution is -0.396. The summed E-state index contributed by atoms with van der Waals surface area (Å²) in [5.41, 5.74) is -1.26. The number of hydrogen-bond acceptors (Lipinski definition) is 5. The highest BCUT2D eigenvalue weighted by Crippen LogP contribution is 2.40. The van der Waals surface area contributed by atoms with E-state index in [0.717, 1.165) is 0 Å². The van der Waals surface area contributed by atoms with Crippen LogP contribution >= 0.6 is 0 Å². The van der Waals surface area contributed by atoms with E-state index in [1.807, 2.05) is 20.8 Å².